The fourth-order valence-corrected chi connectivity index (χ4v) is 3.11. The Morgan fingerprint density at radius 3 is 2.58 bits per heavy atom. The standard InChI is InChI=1S/C16H16N2O5S/c19-11-13-5-1-2-7-15(13)18-24(22,23)14-6-3-4-12(10-14)8-9-16(20)17-21/h1-10,18-19,21H,11H2,(H,17,20). The minimum atomic E-state index is -3.86. The number of hydroxylamine groups is 1. The number of para-hydroxylation sites is 1. The van der Waals surface area contributed by atoms with E-state index in [1.165, 1.54) is 29.8 Å². The molecule has 0 spiro atoms. The van der Waals surface area contributed by atoms with Crippen molar-refractivity contribution in [3.63, 3.8) is 0 Å². The lowest BCUT2D eigenvalue weighted by molar-refractivity contribution is -0.124. The molecule has 0 heterocycles. The summed E-state index contributed by atoms with van der Waals surface area (Å²) in [6, 6.07) is 12.5. The molecule has 24 heavy (non-hydrogen) atoms. The van der Waals surface area contributed by atoms with E-state index in [4.69, 9.17) is 5.21 Å². The zero-order valence-corrected chi connectivity index (χ0v) is 13.3. The third-order valence-electron chi connectivity index (χ3n) is 3.14. The van der Waals surface area contributed by atoms with Crippen LogP contribution < -0.4 is 10.2 Å². The first-order chi connectivity index (χ1) is 11.5. The Labute approximate surface area is 139 Å². The molecule has 126 valence electrons. The van der Waals surface area contributed by atoms with Gasteiger partial charge in [0.05, 0.1) is 17.2 Å². The number of carbonyl (C=O) groups excluding carboxylic acids is 1. The van der Waals surface area contributed by atoms with Crippen molar-refractivity contribution in [1.82, 2.24) is 5.48 Å². The van der Waals surface area contributed by atoms with Gasteiger partial charge in [-0.1, -0.05) is 30.3 Å². The number of aliphatic hydroxyl groups excluding tert-OH is 1. The quantitative estimate of drug-likeness (QED) is 0.359. The largest absolute Gasteiger partial charge is 0.392 e. The summed E-state index contributed by atoms with van der Waals surface area (Å²) in [7, 11) is -3.86. The first-order valence-corrected chi connectivity index (χ1v) is 8.38. The van der Waals surface area contributed by atoms with E-state index in [0.29, 0.717) is 16.8 Å². The van der Waals surface area contributed by atoms with Crippen LogP contribution >= 0.6 is 0 Å². The molecule has 0 radical (unpaired) electrons. The number of anilines is 1. The minimum Gasteiger partial charge on any atom is -0.392 e. The first kappa shape index (κ1) is 17.7. The van der Waals surface area contributed by atoms with Gasteiger partial charge in [-0.05, 0) is 29.8 Å². The van der Waals surface area contributed by atoms with E-state index in [-0.39, 0.29) is 11.5 Å². The van der Waals surface area contributed by atoms with Gasteiger partial charge in [-0.25, -0.2) is 13.9 Å². The molecule has 2 aromatic rings. The molecule has 0 aliphatic carbocycles. The van der Waals surface area contributed by atoms with Gasteiger partial charge in [-0.3, -0.25) is 14.7 Å². The normalized spacial score (nSPS) is 11.4. The van der Waals surface area contributed by atoms with Crippen LogP contribution in [0.3, 0.4) is 0 Å². The zero-order chi connectivity index (χ0) is 17.6. The van der Waals surface area contributed by atoms with E-state index >= 15 is 0 Å². The summed E-state index contributed by atoms with van der Waals surface area (Å²) >= 11 is 0. The summed E-state index contributed by atoms with van der Waals surface area (Å²) in [6.07, 6.45) is 2.44. The third-order valence-corrected chi connectivity index (χ3v) is 4.50. The van der Waals surface area contributed by atoms with Crippen molar-refractivity contribution in [1.29, 1.82) is 0 Å². The van der Waals surface area contributed by atoms with Crippen LogP contribution in [0.5, 0.6) is 0 Å². The van der Waals surface area contributed by atoms with Gasteiger partial charge in [0.15, 0.2) is 0 Å². The van der Waals surface area contributed by atoms with Crippen LogP contribution in [0.2, 0.25) is 0 Å². The predicted octanol–water partition coefficient (Wildman–Crippen LogP) is 1.50. The number of benzene rings is 2. The summed E-state index contributed by atoms with van der Waals surface area (Å²) in [6.45, 7) is -0.294. The van der Waals surface area contributed by atoms with Gasteiger partial charge in [0.1, 0.15) is 0 Å². The van der Waals surface area contributed by atoms with Crippen LogP contribution in [-0.2, 0) is 21.4 Å². The lowest BCUT2D eigenvalue weighted by Crippen LogP contribution is -2.15. The van der Waals surface area contributed by atoms with Crippen molar-refractivity contribution < 1.29 is 23.5 Å². The Morgan fingerprint density at radius 1 is 1.12 bits per heavy atom. The molecular formula is C16H16N2O5S. The highest BCUT2D eigenvalue weighted by molar-refractivity contribution is 7.92. The summed E-state index contributed by atoms with van der Waals surface area (Å²) in [4.78, 5) is 11.0. The second-order valence-electron chi connectivity index (χ2n) is 4.80. The smallest absolute Gasteiger partial charge is 0.267 e. The summed E-state index contributed by atoms with van der Waals surface area (Å²) < 4.78 is 27.4. The Balaban J connectivity index is 2.29. The van der Waals surface area contributed by atoms with E-state index in [1.54, 1.807) is 30.3 Å². The number of hydrogen-bond donors (Lipinski definition) is 4. The lowest BCUT2D eigenvalue weighted by Gasteiger charge is -2.11. The van der Waals surface area contributed by atoms with Crippen molar-refractivity contribution in [2.45, 2.75) is 11.5 Å². The van der Waals surface area contributed by atoms with Gasteiger partial charge in [0, 0.05) is 11.6 Å². The van der Waals surface area contributed by atoms with E-state index in [2.05, 4.69) is 4.72 Å². The lowest BCUT2D eigenvalue weighted by atomic mass is 10.2. The Bertz CT molecular complexity index is 862. The molecule has 0 fully saturated rings. The Hall–Kier alpha value is -2.68. The van der Waals surface area contributed by atoms with E-state index in [0.717, 1.165) is 6.08 Å². The molecular weight excluding hydrogens is 332 g/mol. The van der Waals surface area contributed by atoms with E-state index in [9.17, 15) is 18.3 Å². The fraction of sp³-hybridized carbons (Fsp3) is 0.0625. The number of carbonyl (C=O) groups is 1. The zero-order valence-electron chi connectivity index (χ0n) is 12.5. The fourth-order valence-electron chi connectivity index (χ4n) is 1.96. The molecule has 0 saturated carbocycles. The summed E-state index contributed by atoms with van der Waals surface area (Å²) in [5.74, 6) is -0.724. The van der Waals surface area contributed by atoms with Crippen molar-refractivity contribution in [3.05, 3.63) is 65.7 Å². The number of rotatable bonds is 6. The number of sulfonamides is 1. The Morgan fingerprint density at radius 2 is 1.88 bits per heavy atom. The van der Waals surface area contributed by atoms with E-state index in [1.807, 2.05) is 0 Å². The molecule has 1 amide bonds. The molecule has 0 unspecified atom stereocenters. The van der Waals surface area contributed by atoms with E-state index < -0.39 is 15.9 Å². The highest BCUT2D eigenvalue weighted by Gasteiger charge is 2.15. The van der Waals surface area contributed by atoms with Crippen LogP contribution in [0.25, 0.3) is 6.08 Å². The number of nitrogens with one attached hydrogen (secondary N) is 2. The van der Waals surface area contributed by atoms with Crippen molar-refractivity contribution in [2.24, 2.45) is 0 Å². The highest BCUT2D eigenvalue weighted by Crippen LogP contribution is 2.21. The topological polar surface area (TPSA) is 116 Å². The molecule has 2 aromatic carbocycles. The van der Waals surface area contributed by atoms with Gasteiger partial charge in [0.2, 0.25) is 0 Å². The maximum Gasteiger partial charge on any atom is 0.267 e. The Kier molecular flexibility index (Phi) is 5.69. The molecule has 8 heteroatoms. The molecule has 0 saturated heterocycles. The van der Waals surface area contributed by atoms with Crippen molar-refractivity contribution in [3.8, 4) is 0 Å². The predicted molar refractivity (Wildman–Crippen MR) is 88.6 cm³/mol. The molecule has 0 aliphatic heterocycles. The van der Waals surface area contributed by atoms with Crippen LogP contribution in [0.15, 0.2) is 59.5 Å². The average Bonchev–Trinajstić information content (AvgIpc) is 2.60. The van der Waals surface area contributed by atoms with Gasteiger partial charge in [-0.15, -0.1) is 0 Å². The van der Waals surface area contributed by atoms with Gasteiger partial charge < -0.3 is 5.11 Å². The number of amides is 1. The summed E-state index contributed by atoms with van der Waals surface area (Å²) in [5.41, 5.74) is 2.66. The average molecular weight is 348 g/mol. The number of hydrogen-bond acceptors (Lipinski definition) is 5. The second-order valence-corrected chi connectivity index (χ2v) is 6.49. The van der Waals surface area contributed by atoms with Gasteiger partial charge >= 0.3 is 0 Å². The minimum absolute atomic E-state index is 0.00167. The molecule has 7 nitrogen and oxygen atoms in total. The molecule has 0 aliphatic rings. The van der Waals surface area contributed by atoms with Crippen LogP contribution in [0.4, 0.5) is 5.69 Å². The van der Waals surface area contributed by atoms with Gasteiger partial charge in [0.25, 0.3) is 15.9 Å². The molecule has 2 rings (SSSR count). The molecule has 0 aromatic heterocycles. The molecule has 4 N–H and O–H groups in total. The molecule has 0 bridgehead atoms. The SMILES string of the molecule is O=C(C=Cc1cccc(S(=O)(=O)Nc2ccccc2CO)c1)NO. The first-order valence-electron chi connectivity index (χ1n) is 6.90. The third kappa shape index (κ3) is 4.42. The maximum absolute atomic E-state index is 12.5. The van der Waals surface area contributed by atoms with Crippen LogP contribution in [-0.4, -0.2) is 24.6 Å². The van der Waals surface area contributed by atoms with Gasteiger partial charge in [-0.2, -0.15) is 0 Å². The monoisotopic (exact) mass is 348 g/mol. The van der Waals surface area contributed by atoms with Crippen LogP contribution in [0.1, 0.15) is 11.1 Å². The summed E-state index contributed by atoms with van der Waals surface area (Å²) in [5, 5.41) is 17.7. The van der Waals surface area contributed by atoms with Crippen LogP contribution in [0, 0.1) is 0 Å². The van der Waals surface area contributed by atoms with Crippen molar-refractivity contribution in [2.75, 3.05) is 4.72 Å². The van der Waals surface area contributed by atoms with Crippen molar-refractivity contribution >= 4 is 27.7 Å². The highest BCUT2D eigenvalue weighted by atomic mass is 32.2. The number of aliphatic hydroxyl groups is 1. The second kappa shape index (κ2) is 7.73. The molecule has 0 atom stereocenters. The maximum atomic E-state index is 12.5.